The van der Waals surface area contributed by atoms with Crippen LogP contribution in [0.4, 0.5) is 20.2 Å². The zero-order valence-electron chi connectivity index (χ0n) is 19.0. The van der Waals surface area contributed by atoms with Gasteiger partial charge >= 0.3 is 0 Å². The maximum absolute atomic E-state index is 13.7. The molecule has 0 radical (unpaired) electrons. The minimum Gasteiger partial charge on any atom is -0.456 e. The summed E-state index contributed by atoms with van der Waals surface area (Å²) in [4.78, 5) is 12.8. The highest BCUT2D eigenvalue weighted by Crippen LogP contribution is 2.30. The van der Waals surface area contributed by atoms with Gasteiger partial charge in [-0.2, -0.15) is 0 Å². The van der Waals surface area contributed by atoms with Gasteiger partial charge in [-0.1, -0.05) is 30.3 Å². The van der Waals surface area contributed by atoms with Gasteiger partial charge in [0.05, 0.1) is 18.5 Å². The van der Waals surface area contributed by atoms with Crippen molar-refractivity contribution in [2.24, 2.45) is 0 Å². The van der Waals surface area contributed by atoms with Crippen molar-refractivity contribution in [3.8, 4) is 0 Å². The van der Waals surface area contributed by atoms with Gasteiger partial charge in [-0.15, -0.1) is 0 Å². The molecule has 0 aliphatic heterocycles. The summed E-state index contributed by atoms with van der Waals surface area (Å²) in [6.07, 6.45) is 0.981. The largest absolute Gasteiger partial charge is 0.456 e. The Morgan fingerprint density at radius 1 is 0.861 bits per heavy atom. The summed E-state index contributed by atoms with van der Waals surface area (Å²) in [6.45, 7) is -0.117. The van der Waals surface area contributed by atoms with E-state index in [1.54, 1.807) is 36.4 Å². The molecule has 0 saturated carbocycles. The van der Waals surface area contributed by atoms with Gasteiger partial charge in [0.2, 0.25) is 10.0 Å². The first-order chi connectivity index (χ1) is 17.2. The van der Waals surface area contributed by atoms with Crippen molar-refractivity contribution < 1.29 is 26.4 Å². The number of rotatable bonds is 6. The lowest BCUT2D eigenvalue weighted by Gasteiger charge is -2.22. The number of hydrogen-bond acceptors (Lipinski definition) is 4. The fourth-order valence-corrected chi connectivity index (χ4v) is 4.85. The first kappa shape index (κ1) is 23.5. The Labute approximate surface area is 205 Å². The Hall–Kier alpha value is -4.24. The number of carbonyl (C=O) groups excluding carboxylic acids is 1. The SMILES string of the molecule is CS(=O)(=O)N(Cc1ccc(C(=O)Nc2ccc3c(c2)oc2ccccc23)cc1)c1ccc(F)c(F)c1. The normalized spacial score (nSPS) is 11.6. The molecule has 1 heterocycles. The van der Waals surface area contributed by atoms with Crippen molar-refractivity contribution >= 4 is 49.2 Å². The monoisotopic (exact) mass is 506 g/mol. The van der Waals surface area contributed by atoms with Crippen LogP contribution in [0.3, 0.4) is 0 Å². The van der Waals surface area contributed by atoms with Crippen LogP contribution in [-0.4, -0.2) is 20.6 Å². The van der Waals surface area contributed by atoms with Crippen LogP contribution in [0.15, 0.2) is 89.3 Å². The van der Waals surface area contributed by atoms with Crippen molar-refractivity contribution in [3.05, 3.63) is 108 Å². The number of hydrogen-bond donors (Lipinski definition) is 1. The predicted molar refractivity (Wildman–Crippen MR) is 135 cm³/mol. The number of anilines is 2. The third-order valence-electron chi connectivity index (χ3n) is 5.77. The lowest BCUT2D eigenvalue weighted by molar-refractivity contribution is 0.102. The predicted octanol–water partition coefficient (Wildman–Crippen LogP) is 6.08. The summed E-state index contributed by atoms with van der Waals surface area (Å²) in [7, 11) is -3.78. The van der Waals surface area contributed by atoms with Crippen LogP contribution in [-0.2, 0) is 16.6 Å². The lowest BCUT2D eigenvalue weighted by atomic mass is 10.1. The number of nitrogens with zero attached hydrogens (tertiary/aromatic N) is 1. The molecule has 0 spiro atoms. The van der Waals surface area contributed by atoms with E-state index in [9.17, 15) is 22.0 Å². The molecule has 5 aromatic rings. The summed E-state index contributed by atoms with van der Waals surface area (Å²) in [5.41, 5.74) is 2.91. The first-order valence-electron chi connectivity index (χ1n) is 10.9. The van der Waals surface area contributed by atoms with Crippen molar-refractivity contribution in [2.45, 2.75) is 6.54 Å². The van der Waals surface area contributed by atoms with E-state index in [4.69, 9.17) is 4.42 Å². The molecule has 6 nitrogen and oxygen atoms in total. The number of fused-ring (bicyclic) bond motifs is 3. The van der Waals surface area contributed by atoms with Crippen LogP contribution in [0.2, 0.25) is 0 Å². The van der Waals surface area contributed by atoms with Crippen LogP contribution in [0.1, 0.15) is 15.9 Å². The molecule has 1 aromatic heterocycles. The average Bonchev–Trinajstić information content (AvgIpc) is 3.22. The molecule has 182 valence electrons. The number of sulfonamides is 1. The minimum atomic E-state index is -3.78. The molecule has 36 heavy (non-hydrogen) atoms. The molecule has 9 heteroatoms. The highest BCUT2D eigenvalue weighted by atomic mass is 32.2. The summed E-state index contributed by atoms with van der Waals surface area (Å²) >= 11 is 0. The van der Waals surface area contributed by atoms with Crippen molar-refractivity contribution in [1.82, 2.24) is 0 Å². The molecular weight excluding hydrogens is 486 g/mol. The first-order valence-corrected chi connectivity index (χ1v) is 12.8. The van der Waals surface area contributed by atoms with E-state index < -0.39 is 21.7 Å². The highest BCUT2D eigenvalue weighted by Gasteiger charge is 2.20. The molecule has 4 aromatic carbocycles. The van der Waals surface area contributed by atoms with Crippen molar-refractivity contribution in [2.75, 3.05) is 15.9 Å². The van der Waals surface area contributed by atoms with E-state index in [-0.39, 0.29) is 18.1 Å². The molecule has 5 rings (SSSR count). The fraction of sp³-hybridized carbons (Fsp3) is 0.0741. The Morgan fingerprint density at radius 2 is 1.58 bits per heavy atom. The van der Waals surface area contributed by atoms with Gasteiger partial charge in [0.25, 0.3) is 5.91 Å². The highest BCUT2D eigenvalue weighted by molar-refractivity contribution is 7.92. The average molecular weight is 507 g/mol. The summed E-state index contributed by atoms with van der Waals surface area (Å²) in [5.74, 6) is -2.56. The second kappa shape index (κ2) is 9.09. The summed E-state index contributed by atoms with van der Waals surface area (Å²) in [6, 6.07) is 22.4. The maximum Gasteiger partial charge on any atom is 0.255 e. The molecule has 0 unspecified atom stereocenters. The molecule has 0 fully saturated rings. The Bertz CT molecular complexity index is 1710. The van der Waals surface area contributed by atoms with Crippen LogP contribution >= 0.6 is 0 Å². The van der Waals surface area contributed by atoms with E-state index in [0.717, 1.165) is 39.0 Å². The van der Waals surface area contributed by atoms with Gasteiger partial charge in [0, 0.05) is 34.2 Å². The van der Waals surface area contributed by atoms with E-state index in [1.165, 1.54) is 6.07 Å². The third-order valence-corrected chi connectivity index (χ3v) is 6.91. The quantitative estimate of drug-likeness (QED) is 0.303. The standard InChI is InChI=1S/C27H20F2N2O4S/c1-36(33,34)31(20-11-13-23(28)24(29)15-20)16-17-6-8-18(9-7-17)27(32)30-19-10-12-22-21-4-2-3-5-25(21)35-26(22)14-19/h2-15H,16H2,1H3,(H,30,32). The van der Waals surface area contributed by atoms with Gasteiger partial charge in [-0.3, -0.25) is 9.10 Å². The van der Waals surface area contributed by atoms with Gasteiger partial charge in [0.15, 0.2) is 11.6 Å². The molecule has 0 aliphatic carbocycles. The molecule has 1 N–H and O–H groups in total. The van der Waals surface area contributed by atoms with E-state index >= 15 is 0 Å². The van der Waals surface area contributed by atoms with Crippen LogP contribution < -0.4 is 9.62 Å². The topological polar surface area (TPSA) is 79.6 Å². The molecule has 1 amide bonds. The summed E-state index contributed by atoms with van der Waals surface area (Å²) in [5, 5.41) is 4.78. The van der Waals surface area contributed by atoms with E-state index in [1.807, 2.05) is 30.3 Å². The zero-order chi connectivity index (χ0) is 25.4. The van der Waals surface area contributed by atoms with E-state index in [0.29, 0.717) is 22.4 Å². The minimum absolute atomic E-state index is 0.000742. The number of nitrogens with one attached hydrogen (secondary N) is 1. The van der Waals surface area contributed by atoms with Gasteiger partial charge in [0.1, 0.15) is 11.2 Å². The summed E-state index contributed by atoms with van der Waals surface area (Å²) < 4.78 is 58.4. The Morgan fingerprint density at radius 3 is 2.31 bits per heavy atom. The number of halogens is 2. The maximum atomic E-state index is 13.7. The third kappa shape index (κ3) is 4.65. The smallest absolute Gasteiger partial charge is 0.255 e. The van der Waals surface area contributed by atoms with Crippen LogP contribution in [0, 0.1) is 11.6 Å². The van der Waals surface area contributed by atoms with Crippen molar-refractivity contribution in [1.29, 1.82) is 0 Å². The second-order valence-electron chi connectivity index (χ2n) is 8.33. The van der Waals surface area contributed by atoms with Crippen molar-refractivity contribution in [3.63, 3.8) is 0 Å². The molecule has 0 saturated heterocycles. The van der Waals surface area contributed by atoms with Gasteiger partial charge < -0.3 is 9.73 Å². The van der Waals surface area contributed by atoms with Crippen LogP contribution in [0.25, 0.3) is 21.9 Å². The Kier molecular flexibility index (Phi) is 5.93. The lowest BCUT2D eigenvalue weighted by Crippen LogP contribution is -2.29. The number of carbonyl (C=O) groups is 1. The van der Waals surface area contributed by atoms with Crippen LogP contribution in [0.5, 0.6) is 0 Å². The second-order valence-corrected chi connectivity index (χ2v) is 10.2. The molecular formula is C27H20F2N2O4S. The molecule has 0 atom stereocenters. The number of para-hydroxylation sites is 1. The Balaban J connectivity index is 1.33. The molecule has 0 bridgehead atoms. The zero-order valence-corrected chi connectivity index (χ0v) is 19.9. The number of amides is 1. The molecule has 0 aliphatic rings. The fourth-order valence-electron chi connectivity index (χ4n) is 3.97. The number of benzene rings is 4. The van der Waals surface area contributed by atoms with Gasteiger partial charge in [-0.05, 0) is 48.0 Å². The van der Waals surface area contributed by atoms with Gasteiger partial charge in [-0.25, -0.2) is 17.2 Å². The number of furan rings is 1. The van der Waals surface area contributed by atoms with E-state index in [2.05, 4.69) is 5.32 Å².